The van der Waals surface area contributed by atoms with Crippen LogP contribution in [-0.2, 0) is 29.2 Å². The van der Waals surface area contributed by atoms with Crippen molar-refractivity contribution < 1.29 is 45.2 Å². The summed E-state index contributed by atoms with van der Waals surface area (Å²) in [7, 11) is -6.01. The monoisotopic (exact) mass is 388 g/mol. The standard InChI is InChI=1S/C14H19F3O7S/c1-7-4-5-13(9(10(18)24-13)12(7,2)3)11(19)23-6-8(15)14(16,17)25(20,21)22/h7-9H,4-6H2,1-3H3,(H,20,21,22). The molecule has 1 heterocycles. The normalized spacial score (nSPS) is 32.8. The molecule has 2 fully saturated rings. The van der Waals surface area contributed by atoms with Crippen molar-refractivity contribution in [3.8, 4) is 0 Å². The fraction of sp³-hybridized carbons (Fsp3) is 0.857. The minimum atomic E-state index is -6.01. The predicted octanol–water partition coefficient (Wildman–Crippen LogP) is 1.72. The third-order valence-electron chi connectivity index (χ3n) is 5.36. The predicted molar refractivity (Wildman–Crippen MR) is 76.8 cm³/mol. The number of esters is 2. The van der Waals surface area contributed by atoms with Crippen LogP contribution in [0.2, 0.25) is 0 Å². The molecule has 4 atom stereocenters. The average molecular weight is 388 g/mol. The highest BCUT2D eigenvalue weighted by Gasteiger charge is 2.70. The number of halogens is 3. The van der Waals surface area contributed by atoms with Crippen LogP contribution < -0.4 is 0 Å². The highest BCUT2D eigenvalue weighted by atomic mass is 32.2. The largest absolute Gasteiger partial charge is 0.459 e. The first kappa shape index (κ1) is 20.0. The van der Waals surface area contributed by atoms with E-state index in [4.69, 9.17) is 9.29 Å². The summed E-state index contributed by atoms with van der Waals surface area (Å²) in [4.78, 5) is 24.1. The molecule has 0 radical (unpaired) electrons. The summed E-state index contributed by atoms with van der Waals surface area (Å²) >= 11 is 0. The van der Waals surface area contributed by atoms with Gasteiger partial charge < -0.3 is 9.47 Å². The van der Waals surface area contributed by atoms with Gasteiger partial charge in [-0.25, -0.2) is 9.18 Å². The molecule has 25 heavy (non-hydrogen) atoms. The molecular weight excluding hydrogens is 369 g/mol. The summed E-state index contributed by atoms with van der Waals surface area (Å²) in [6.45, 7) is 3.81. The van der Waals surface area contributed by atoms with Crippen LogP contribution in [0.5, 0.6) is 0 Å². The molecule has 0 spiro atoms. The van der Waals surface area contributed by atoms with Gasteiger partial charge in [0.1, 0.15) is 12.5 Å². The zero-order valence-corrected chi connectivity index (χ0v) is 14.6. The van der Waals surface area contributed by atoms with Gasteiger partial charge in [0.2, 0.25) is 11.8 Å². The molecule has 2 rings (SSSR count). The topological polar surface area (TPSA) is 107 Å². The molecule has 1 aliphatic carbocycles. The Hall–Kier alpha value is -1.36. The molecule has 7 nitrogen and oxygen atoms in total. The molecule has 1 saturated carbocycles. The molecule has 0 amide bonds. The van der Waals surface area contributed by atoms with E-state index >= 15 is 0 Å². The second-order valence-electron chi connectivity index (χ2n) is 7.11. The van der Waals surface area contributed by atoms with Crippen molar-refractivity contribution in [2.45, 2.75) is 50.6 Å². The van der Waals surface area contributed by atoms with Crippen molar-refractivity contribution >= 4 is 22.1 Å². The van der Waals surface area contributed by atoms with Crippen LogP contribution in [0.25, 0.3) is 0 Å². The maximum Gasteiger partial charge on any atom is 0.403 e. The van der Waals surface area contributed by atoms with Gasteiger partial charge in [-0.2, -0.15) is 17.2 Å². The first-order valence-electron chi connectivity index (χ1n) is 7.57. The van der Waals surface area contributed by atoms with Crippen molar-refractivity contribution in [1.29, 1.82) is 0 Å². The van der Waals surface area contributed by atoms with E-state index < -0.39 is 57.0 Å². The zero-order chi connectivity index (χ0) is 19.4. The maximum absolute atomic E-state index is 13.5. The lowest BCUT2D eigenvalue weighted by molar-refractivity contribution is -0.254. The number of carbonyl (C=O) groups is 2. The van der Waals surface area contributed by atoms with Crippen LogP contribution in [0.15, 0.2) is 0 Å². The lowest BCUT2D eigenvalue weighted by Crippen LogP contribution is -2.70. The summed E-state index contributed by atoms with van der Waals surface area (Å²) in [5.74, 6) is -2.63. The van der Waals surface area contributed by atoms with Gasteiger partial charge >= 0.3 is 27.3 Å². The van der Waals surface area contributed by atoms with E-state index in [0.29, 0.717) is 6.42 Å². The Labute approximate surface area is 142 Å². The number of rotatable bonds is 5. The first-order valence-corrected chi connectivity index (χ1v) is 9.01. The van der Waals surface area contributed by atoms with Crippen molar-refractivity contribution in [2.24, 2.45) is 17.3 Å². The van der Waals surface area contributed by atoms with E-state index in [1.54, 1.807) is 13.8 Å². The SMILES string of the molecule is CC1CCC2(C(=O)OCC(F)C(F)(F)S(=O)(=O)O)OC(=O)C2C1(C)C. The van der Waals surface area contributed by atoms with E-state index in [1.807, 2.05) is 6.92 Å². The van der Waals surface area contributed by atoms with Gasteiger partial charge in [0.25, 0.3) is 0 Å². The van der Waals surface area contributed by atoms with E-state index in [1.165, 1.54) is 0 Å². The maximum atomic E-state index is 13.5. The van der Waals surface area contributed by atoms with E-state index in [9.17, 15) is 31.2 Å². The number of alkyl halides is 3. The number of fused-ring (bicyclic) bond motifs is 1. The fourth-order valence-corrected chi connectivity index (χ4v) is 3.80. The van der Waals surface area contributed by atoms with Crippen molar-refractivity contribution in [2.75, 3.05) is 6.61 Å². The Morgan fingerprint density at radius 3 is 2.52 bits per heavy atom. The molecule has 11 heteroatoms. The molecule has 2 aliphatic rings. The highest BCUT2D eigenvalue weighted by molar-refractivity contribution is 7.86. The third-order valence-corrected chi connectivity index (χ3v) is 6.31. The molecule has 1 N–H and O–H groups in total. The van der Waals surface area contributed by atoms with Gasteiger partial charge in [0, 0.05) is 0 Å². The van der Waals surface area contributed by atoms with E-state index in [0.717, 1.165) is 0 Å². The second-order valence-corrected chi connectivity index (χ2v) is 8.60. The summed E-state index contributed by atoms with van der Waals surface area (Å²) in [5.41, 5.74) is -2.31. The molecule has 0 aromatic carbocycles. The average Bonchev–Trinajstić information content (AvgIpc) is 2.44. The Morgan fingerprint density at radius 1 is 1.48 bits per heavy atom. The fourth-order valence-electron chi connectivity index (χ4n) is 3.41. The van der Waals surface area contributed by atoms with Gasteiger partial charge in [-0.05, 0) is 24.2 Å². The lowest BCUT2D eigenvalue weighted by atomic mass is 9.54. The van der Waals surface area contributed by atoms with Crippen molar-refractivity contribution in [3.63, 3.8) is 0 Å². The van der Waals surface area contributed by atoms with Gasteiger partial charge in [-0.1, -0.05) is 20.8 Å². The van der Waals surface area contributed by atoms with Gasteiger partial charge in [0.05, 0.1) is 0 Å². The lowest BCUT2D eigenvalue weighted by Gasteiger charge is -2.57. The Bertz CT molecular complexity index is 691. The van der Waals surface area contributed by atoms with Crippen LogP contribution in [0, 0.1) is 17.3 Å². The number of hydrogen-bond donors (Lipinski definition) is 1. The van der Waals surface area contributed by atoms with E-state index in [2.05, 4.69) is 4.74 Å². The Balaban J connectivity index is 2.13. The quantitative estimate of drug-likeness (QED) is 0.564. The molecule has 0 aromatic rings. The molecule has 0 aromatic heterocycles. The van der Waals surface area contributed by atoms with Gasteiger partial charge in [-0.15, -0.1) is 0 Å². The smallest absolute Gasteiger partial charge is 0.403 e. The summed E-state index contributed by atoms with van der Waals surface area (Å²) in [6.07, 6.45) is -2.88. The number of hydrogen-bond acceptors (Lipinski definition) is 6. The van der Waals surface area contributed by atoms with Crippen LogP contribution >= 0.6 is 0 Å². The van der Waals surface area contributed by atoms with Crippen LogP contribution in [0.4, 0.5) is 13.2 Å². The van der Waals surface area contributed by atoms with Gasteiger partial charge in [-0.3, -0.25) is 9.35 Å². The first-order chi connectivity index (χ1) is 11.2. The van der Waals surface area contributed by atoms with Crippen LogP contribution in [-0.4, -0.2) is 48.5 Å². The molecule has 1 saturated heterocycles. The summed E-state index contributed by atoms with van der Waals surface area (Å²) in [6, 6.07) is 0. The second kappa shape index (κ2) is 5.83. The number of ether oxygens (including phenoxy) is 2. The summed E-state index contributed by atoms with van der Waals surface area (Å²) in [5, 5.41) is -5.12. The zero-order valence-electron chi connectivity index (χ0n) is 13.8. The summed E-state index contributed by atoms with van der Waals surface area (Å²) < 4.78 is 78.5. The van der Waals surface area contributed by atoms with Crippen LogP contribution in [0.3, 0.4) is 0 Å². The molecule has 1 aliphatic heterocycles. The van der Waals surface area contributed by atoms with Crippen LogP contribution in [0.1, 0.15) is 33.6 Å². The van der Waals surface area contributed by atoms with Crippen molar-refractivity contribution in [1.82, 2.24) is 0 Å². The minimum Gasteiger partial charge on any atom is -0.459 e. The Morgan fingerprint density at radius 2 is 2.04 bits per heavy atom. The van der Waals surface area contributed by atoms with Crippen molar-refractivity contribution in [3.05, 3.63) is 0 Å². The molecule has 4 unspecified atom stereocenters. The molecule has 0 bridgehead atoms. The van der Waals surface area contributed by atoms with Gasteiger partial charge in [0.15, 0.2) is 0 Å². The van der Waals surface area contributed by atoms with E-state index in [-0.39, 0.29) is 12.3 Å². The minimum absolute atomic E-state index is 0.0732. The highest BCUT2D eigenvalue weighted by Crippen LogP contribution is 2.57. The number of carbonyl (C=O) groups excluding carboxylic acids is 2. The molecular formula is C14H19F3O7S. The molecule has 144 valence electrons. The Kier molecular flexibility index (Phi) is 4.66. The third kappa shape index (κ3) is 2.90.